The van der Waals surface area contributed by atoms with Crippen LogP contribution in [0, 0.1) is 34.5 Å². The second-order valence-corrected chi connectivity index (χ2v) is 7.94. The van der Waals surface area contributed by atoms with Gasteiger partial charge in [0.25, 0.3) is 0 Å². The van der Waals surface area contributed by atoms with Crippen molar-refractivity contribution in [1.29, 1.82) is 5.26 Å². The first kappa shape index (κ1) is 13.1. The summed E-state index contributed by atoms with van der Waals surface area (Å²) >= 11 is 0. The quantitative estimate of drug-likeness (QED) is 0.858. The van der Waals surface area contributed by atoms with E-state index in [2.05, 4.69) is 16.3 Å². The average molecular weight is 273 g/mol. The monoisotopic (exact) mass is 273 g/mol. The van der Waals surface area contributed by atoms with Crippen molar-refractivity contribution >= 4 is 0 Å². The highest BCUT2D eigenvalue weighted by molar-refractivity contribution is 5.08. The Morgan fingerprint density at radius 2 is 1.60 bits per heavy atom. The minimum Gasteiger partial charge on any atom is -0.314 e. The fourth-order valence-electron chi connectivity index (χ4n) is 6.40. The predicted octanol–water partition coefficient (Wildman–Crippen LogP) is 2.39. The maximum Gasteiger partial charge on any atom is 0.0638 e. The molecule has 4 saturated carbocycles. The summed E-state index contributed by atoms with van der Waals surface area (Å²) in [5, 5.41) is 12.8. The molecular formula is C17H27N3. The van der Waals surface area contributed by atoms with Gasteiger partial charge in [0.2, 0.25) is 0 Å². The van der Waals surface area contributed by atoms with Crippen molar-refractivity contribution < 1.29 is 0 Å². The molecule has 20 heavy (non-hydrogen) atoms. The van der Waals surface area contributed by atoms with Crippen LogP contribution in [0.4, 0.5) is 0 Å². The summed E-state index contributed by atoms with van der Waals surface area (Å²) in [6.45, 7) is 4.50. The lowest BCUT2D eigenvalue weighted by atomic mass is 9.47. The number of piperazine rings is 1. The molecule has 3 heteroatoms. The van der Waals surface area contributed by atoms with Crippen molar-refractivity contribution in [3.8, 4) is 6.07 Å². The first-order chi connectivity index (χ1) is 9.79. The van der Waals surface area contributed by atoms with Gasteiger partial charge >= 0.3 is 0 Å². The fraction of sp³-hybridized carbons (Fsp3) is 0.941. The molecular weight excluding hydrogens is 246 g/mol. The molecule has 1 heterocycles. The highest BCUT2D eigenvalue weighted by Crippen LogP contribution is 2.62. The van der Waals surface area contributed by atoms with Crippen LogP contribution in [0.15, 0.2) is 0 Å². The Balaban J connectivity index is 1.60. The molecule has 5 aliphatic rings. The van der Waals surface area contributed by atoms with Gasteiger partial charge in [0.1, 0.15) is 0 Å². The van der Waals surface area contributed by atoms with E-state index in [1.165, 1.54) is 38.5 Å². The van der Waals surface area contributed by atoms with Crippen LogP contribution in [0.2, 0.25) is 0 Å². The lowest BCUT2D eigenvalue weighted by molar-refractivity contribution is -0.102. The van der Waals surface area contributed by atoms with Gasteiger partial charge in [-0.25, -0.2) is 0 Å². The molecule has 1 unspecified atom stereocenters. The zero-order chi connectivity index (χ0) is 13.6. The smallest absolute Gasteiger partial charge is 0.0638 e. The van der Waals surface area contributed by atoms with E-state index in [0.717, 1.165) is 50.4 Å². The molecule has 1 atom stereocenters. The lowest BCUT2D eigenvalue weighted by Crippen LogP contribution is -2.59. The Hall–Kier alpha value is -0.590. The van der Waals surface area contributed by atoms with Crippen LogP contribution < -0.4 is 5.32 Å². The molecule has 5 fully saturated rings. The van der Waals surface area contributed by atoms with Crippen LogP contribution in [0.25, 0.3) is 0 Å². The Morgan fingerprint density at radius 1 is 1.05 bits per heavy atom. The number of nitrogens with zero attached hydrogens (tertiary/aromatic N) is 2. The van der Waals surface area contributed by atoms with Crippen LogP contribution >= 0.6 is 0 Å². The summed E-state index contributed by atoms with van der Waals surface area (Å²) < 4.78 is 0. The van der Waals surface area contributed by atoms with E-state index in [0.29, 0.717) is 11.5 Å². The zero-order valence-corrected chi connectivity index (χ0v) is 12.5. The van der Waals surface area contributed by atoms with E-state index in [9.17, 15) is 5.26 Å². The molecule has 1 saturated heterocycles. The first-order valence-electron chi connectivity index (χ1n) is 8.61. The third-order valence-electron chi connectivity index (χ3n) is 6.67. The Bertz CT molecular complexity index is 370. The van der Waals surface area contributed by atoms with Crippen molar-refractivity contribution in [2.24, 2.45) is 23.2 Å². The van der Waals surface area contributed by atoms with Gasteiger partial charge in [-0.15, -0.1) is 0 Å². The van der Waals surface area contributed by atoms with Crippen LogP contribution in [0.1, 0.15) is 44.9 Å². The Kier molecular flexibility index (Phi) is 3.27. The normalized spacial score (nSPS) is 45.2. The lowest BCUT2D eigenvalue weighted by Gasteiger charge is -2.61. The van der Waals surface area contributed by atoms with Crippen molar-refractivity contribution in [1.82, 2.24) is 10.2 Å². The van der Waals surface area contributed by atoms with E-state index >= 15 is 0 Å². The molecule has 0 aromatic carbocycles. The van der Waals surface area contributed by atoms with Gasteiger partial charge in [-0.1, -0.05) is 0 Å². The van der Waals surface area contributed by atoms with E-state index < -0.39 is 0 Å². The Morgan fingerprint density at radius 3 is 2.10 bits per heavy atom. The molecule has 0 radical (unpaired) electrons. The van der Waals surface area contributed by atoms with Gasteiger partial charge in [0.15, 0.2) is 0 Å². The largest absolute Gasteiger partial charge is 0.314 e. The topological polar surface area (TPSA) is 39.1 Å². The van der Waals surface area contributed by atoms with Gasteiger partial charge in [0.05, 0.1) is 12.5 Å². The first-order valence-corrected chi connectivity index (χ1v) is 8.61. The summed E-state index contributed by atoms with van der Waals surface area (Å²) in [6.07, 6.45) is 9.53. The second kappa shape index (κ2) is 5.00. The number of hydrogen-bond acceptors (Lipinski definition) is 3. The molecule has 0 aromatic heterocycles. The minimum atomic E-state index is 0.502. The number of rotatable bonds is 3. The molecule has 1 aliphatic heterocycles. The summed E-state index contributed by atoms with van der Waals surface area (Å²) in [4.78, 5) is 2.66. The maximum atomic E-state index is 9.38. The summed E-state index contributed by atoms with van der Waals surface area (Å²) in [5.74, 6) is 2.97. The standard InChI is InChI=1S/C17H27N3/c18-2-1-16(20-5-3-19-4-6-20)17-10-13-7-14(11-17)9-15(8-13)12-17/h13-16,19H,1,3-12H2. The van der Waals surface area contributed by atoms with Crippen molar-refractivity contribution in [2.45, 2.75) is 51.0 Å². The molecule has 1 N–H and O–H groups in total. The molecule has 5 rings (SSSR count). The van der Waals surface area contributed by atoms with Crippen molar-refractivity contribution in [3.63, 3.8) is 0 Å². The molecule has 0 spiro atoms. The number of nitrogens with one attached hydrogen (secondary N) is 1. The van der Waals surface area contributed by atoms with E-state index in [1.807, 2.05) is 0 Å². The van der Waals surface area contributed by atoms with Crippen LogP contribution in [0.5, 0.6) is 0 Å². The van der Waals surface area contributed by atoms with Crippen LogP contribution in [-0.2, 0) is 0 Å². The van der Waals surface area contributed by atoms with Crippen LogP contribution in [-0.4, -0.2) is 37.1 Å². The molecule has 110 valence electrons. The number of nitriles is 1. The highest BCUT2D eigenvalue weighted by Gasteiger charge is 2.55. The molecule has 0 aromatic rings. The van der Waals surface area contributed by atoms with Gasteiger partial charge in [-0.2, -0.15) is 5.26 Å². The fourth-order valence-corrected chi connectivity index (χ4v) is 6.40. The van der Waals surface area contributed by atoms with Gasteiger partial charge < -0.3 is 5.32 Å². The Labute approximate surface area is 122 Å². The summed E-state index contributed by atoms with van der Waals surface area (Å²) in [5.41, 5.74) is 0.502. The van der Waals surface area contributed by atoms with Gasteiger partial charge in [-0.3, -0.25) is 4.90 Å². The van der Waals surface area contributed by atoms with Crippen LogP contribution in [0.3, 0.4) is 0 Å². The third kappa shape index (κ3) is 2.09. The van der Waals surface area contributed by atoms with E-state index in [4.69, 9.17) is 0 Å². The third-order valence-corrected chi connectivity index (χ3v) is 6.67. The summed E-state index contributed by atoms with van der Waals surface area (Å²) in [6, 6.07) is 3.07. The highest BCUT2D eigenvalue weighted by atomic mass is 15.2. The second-order valence-electron chi connectivity index (χ2n) is 7.94. The van der Waals surface area contributed by atoms with E-state index in [1.54, 1.807) is 0 Å². The molecule has 3 nitrogen and oxygen atoms in total. The molecule has 4 aliphatic carbocycles. The maximum absolute atomic E-state index is 9.38. The van der Waals surface area contributed by atoms with Gasteiger partial charge in [0, 0.05) is 32.2 Å². The average Bonchev–Trinajstić information content (AvgIpc) is 2.44. The summed E-state index contributed by atoms with van der Waals surface area (Å²) in [7, 11) is 0. The number of hydrogen-bond donors (Lipinski definition) is 1. The van der Waals surface area contributed by atoms with Crippen molar-refractivity contribution in [3.05, 3.63) is 0 Å². The van der Waals surface area contributed by atoms with Gasteiger partial charge in [-0.05, 0) is 61.7 Å². The molecule has 4 bridgehead atoms. The molecule has 0 amide bonds. The predicted molar refractivity (Wildman–Crippen MR) is 79.1 cm³/mol. The SMILES string of the molecule is N#CCC(N1CCNCC1)C12CC3CC(CC(C3)C1)C2. The minimum absolute atomic E-state index is 0.502. The zero-order valence-electron chi connectivity index (χ0n) is 12.5. The van der Waals surface area contributed by atoms with E-state index in [-0.39, 0.29) is 0 Å². The van der Waals surface area contributed by atoms with Crippen molar-refractivity contribution in [2.75, 3.05) is 26.2 Å².